The Kier molecular flexibility index (Phi) is 4.85. The van der Waals surface area contributed by atoms with Crippen LogP contribution in [-0.2, 0) is 13.5 Å². The number of para-hydroxylation sites is 1. The molecule has 5 aromatic rings. The van der Waals surface area contributed by atoms with Crippen molar-refractivity contribution >= 4 is 43.6 Å². The number of aromatic nitrogens is 2. The normalized spacial score (nSPS) is 11.8. The fraction of sp³-hybridized carbons (Fsp3) is 0.259. The molecule has 0 spiro atoms. The first-order valence-corrected chi connectivity index (χ1v) is 11.1. The summed E-state index contributed by atoms with van der Waals surface area (Å²) >= 11 is 0. The second kappa shape index (κ2) is 7.69. The van der Waals surface area contributed by atoms with E-state index < -0.39 is 0 Å². The van der Waals surface area contributed by atoms with Gasteiger partial charge in [0.05, 0.1) is 16.6 Å². The quantitative estimate of drug-likeness (QED) is 0.294. The van der Waals surface area contributed by atoms with Crippen molar-refractivity contribution in [1.29, 1.82) is 0 Å². The van der Waals surface area contributed by atoms with Crippen LogP contribution in [-0.4, -0.2) is 9.55 Å². The standard InChI is InChI=1S/C27H26N2O2/c1-3-4-5-6-9-17-12-13-24-20(14-17)27(31)21-15-23-19(16-25(21)29(24)2)26(30)18-10-7-8-11-22(18)28-23/h7-8,10-16H,3-6,9H2,1-2H3,(H,28,30). The smallest absolute Gasteiger partial charge is 0.197 e. The Morgan fingerprint density at radius 1 is 0.742 bits per heavy atom. The second-order valence-corrected chi connectivity index (χ2v) is 8.46. The third-order valence-electron chi connectivity index (χ3n) is 6.41. The summed E-state index contributed by atoms with van der Waals surface area (Å²) in [5, 5.41) is 2.64. The van der Waals surface area contributed by atoms with E-state index in [0.29, 0.717) is 21.7 Å². The molecule has 31 heavy (non-hydrogen) atoms. The lowest BCUT2D eigenvalue weighted by atomic mass is 10.0. The molecule has 0 amide bonds. The van der Waals surface area contributed by atoms with Crippen LogP contribution in [0, 0.1) is 0 Å². The number of nitrogens with one attached hydrogen (secondary N) is 1. The molecule has 0 saturated carbocycles. The van der Waals surface area contributed by atoms with E-state index in [4.69, 9.17) is 0 Å². The van der Waals surface area contributed by atoms with Crippen molar-refractivity contribution in [2.45, 2.75) is 39.0 Å². The molecular formula is C27H26N2O2. The molecule has 0 saturated heterocycles. The van der Waals surface area contributed by atoms with Crippen LogP contribution < -0.4 is 10.9 Å². The number of rotatable bonds is 5. The number of aryl methyl sites for hydroxylation is 2. The van der Waals surface area contributed by atoms with Crippen molar-refractivity contribution < 1.29 is 0 Å². The van der Waals surface area contributed by atoms with Gasteiger partial charge in [0.2, 0.25) is 0 Å². The van der Waals surface area contributed by atoms with E-state index in [-0.39, 0.29) is 10.9 Å². The van der Waals surface area contributed by atoms with Crippen LogP contribution in [0.5, 0.6) is 0 Å². The number of pyridine rings is 2. The van der Waals surface area contributed by atoms with Crippen LogP contribution in [0.15, 0.2) is 64.2 Å². The van der Waals surface area contributed by atoms with Crippen LogP contribution in [0.2, 0.25) is 0 Å². The molecule has 0 aliphatic heterocycles. The zero-order chi connectivity index (χ0) is 21.5. The third kappa shape index (κ3) is 3.23. The van der Waals surface area contributed by atoms with Gasteiger partial charge in [0.1, 0.15) is 0 Å². The second-order valence-electron chi connectivity index (χ2n) is 8.46. The van der Waals surface area contributed by atoms with E-state index in [1.807, 2.05) is 54.1 Å². The van der Waals surface area contributed by atoms with Gasteiger partial charge in [-0.1, -0.05) is 44.4 Å². The Morgan fingerprint density at radius 2 is 1.52 bits per heavy atom. The number of benzene rings is 3. The van der Waals surface area contributed by atoms with Crippen molar-refractivity contribution in [1.82, 2.24) is 9.55 Å². The van der Waals surface area contributed by atoms with Gasteiger partial charge in [-0.2, -0.15) is 0 Å². The number of unbranched alkanes of at least 4 members (excludes halogenated alkanes) is 3. The maximum absolute atomic E-state index is 13.5. The van der Waals surface area contributed by atoms with Crippen molar-refractivity contribution in [2.75, 3.05) is 0 Å². The highest BCUT2D eigenvalue weighted by atomic mass is 16.1. The summed E-state index contributed by atoms with van der Waals surface area (Å²) in [6.07, 6.45) is 5.83. The van der Waals surface area contributed by atoms with Crippen LogP contribution in [0.1, 0.15) is 38.2 Å². The minimum atomic E-state index is -0.0128. The Morgan fingerprint density at radius 3 is 2.35 bits per heavy atom. The molecule has 0 aliphatic carbocycles. The summed E-state index contributed by atoms with van der Waals surface area (Å²) in [7, 11) is 1.96. The first-order valence-electron chi connectivity index (χ1n) is 11.1. The minimum Gasteiger partial charge on any atom is -0.354 e. The van der Waals surface area contributed by atoms with Crippen molar-refractivity contribution in [3.8, 4) is 0 Å². The zero-order valence-corrected chi connectivity index (χ0v) is 18.0. The van der Waals surface area contributed by atoms with E-state index in [2.05, 4.69) is 24.0 Å². The predicted octanol–water partition coefficient (Wildman–Crippen LogP) is 5.81. The molecule has 2 aromatic heterocycles. The van der Waals surface area contributed by atoms with Gasteiger partial charge in [0.15, 0.2) is 10.9 Å². The highest BCUT2D eigenvalue weighted by molar-refractivity contribution is 6.03. The largest absolute Gasteiger partial charge is 0.354 e. The Balaban J connectivity index is 1.75. The lowest BCUT2D eigenvalue weighted by Crippen LogP contribution is -2.11. The number of hydrogen-bond acceptors (Lipinski definition) is 2. The predicted molar refractivity (Wildman–Crippen MR) is 130 cm³/mol. The van der Waals surface area contributed by atoms with E-state index in [1.165, 1.54) is 24.8 Å². The third-order valence-corrected chi connectivity index (χ3v) is 6.41. The molecule has 0 atom stereocenters. The maximum Gasteiger partial charge on any atom is 0.197 e. The average Bonchev–Trinajstić information content (AvgIpc) is 2.80. The van der Waals surface area contributed by atoms with E-state index in [9.17, 15) is 9.59 Å². The molecule has 0 bridgehead atoms. The van der Waals surface area contributed by atoms with Gasteiger partial charge >= 0.3 is 0 Å². The summed E-state index contributed by atoms with van der Waals surface area (Å²) in [5.74, 6) is 0. The topological polar surface area (TPSA) is 54.9 Å². The summed E-state index contributed by atoms with van der Waals surface area (Å²) in [6.45, 7) is 2.21. The van der Waals surface area contributed by atoms with Crippen molar-refractivity contribution in [3.63, 3.8) is 0 Å². The summed E-state index contributed by atoms with van der Waals surface area (Å²) in [6, 6.07) is 17.4. The fourth-order valence-corrected chi connectivity index (χ4v) is 4.66. The zero-order valence-electron chi connectivity index (χ0n) is 18.0. The van der Waals surface area contributed by atoms with Crippen LogP contribution in [0.25, 0.3) is 43.6 Å². The summed E-state index contributed by atoms with van der Waals surface area (Å²) < 4.78 is 2.03. The fourth-order valence-electron chi connectivity index (χ4n) is 4.66. The molecule has 0 radical (unpaired) electrons. The monoisotopic (exact) mass is 410 g/mol. The first-order chi connectivity index (χ1) is 15.1. The SMILES string of the molecule is CCCCCCc1ccc2c(c1)c(=O)c1cc3[nH]c4ccccc4c(=O)c3cc1n2C. The lowest BCUT2D eigenvalue weighted by Gasteiger charge is -2.13. The van der Waals surface area contributed by atoms with E-state index >= 15 is 0 Å². The Bertz CT molecular complexity index is 1570. The molecule has 0 fully saturated rings. The van der Waals surface area contributed by atoms with Gasteiger partial charge in [0.25, 0.3) is 0 Å². The van der Waals surface area contributed by atoms with Crippen LogP contribution in [0.3, 0.4) is 0 Å². The molecule has 2 heterocycles. The Hall–Kier alpha value is -3.40. The molecular weight excluding hydrogens is 384 g/mol. The summed E-state index contributed by atoms with van der Waals surface area (Å²) in [5.41, 5.74) is 4.37. The number of nitrogens with zero attached hydrogens (tertiary/aromatic N) is 1. The average molecular weight is 411 g/mol. The minimum absolute atomic E-state index is 0.0128. The molecule has 0 unspecified atom stereocenters. The molecule has 0 aliphatic rings. The van der Waals surface area contributed by atoms with Gasteiger partial charge < -0.3 is 9.55 Å². The van der Waals surface area contributed by atoms with Gasteiger partial charge in [-0.05, 0) is 54.8 Å². The molecule has 3 aromatic carbocycles. The van der Waals surface area contributed by atoms with Crippen LogP contribution >= 0.6 is 0 Å². The highest BCUT2D eigenvalue weighted by Gasteiger charge is 2.13. The van der Waals surface area contributed by atoms with E-state index in [0.717, 1.165) is 34.8 Å². The number of aromatic amines is 1. The molecule has 4 heteroatoms. The summed E-state index contributed by atoms with van der Waals surface area (Å²) in [4.78, 5) is 29.9. The van der Waals surface area contributed by atoms with Crippen molar-refractivity contribution in [2.24, 2.45) is 7.05 Å². The van der Waals surface area contributed by atoms with Gasteiger partial charge in [0, 0.05) is 34.1 Å². The van der Waals surface area contributed by atoms with Gasteiger partial charge in [-0.15, -0.1) is 0 Å². The first kappa shape index (κ1) is 19.6. The highest BCUT2D eigenvalue weighted by Crippen LogP contribution is 2.24. The lowest BCUT2D eigenvalue weighted by molar-refractivity contribution is 0.667. The maximum atomic E-state index is 13.5. The molecule has 156 valence electrons. The number of hydrogen-bond donors (Lipinski definition) is 1. The van der Waals surface area contributed by atoms with Gasteiger partial charge in [-0.3, -0.25) is 9.59 Å². The molecule has 1 N–H and O–H groups in total. The van der Waals surface area contributed by atoms with Gasteiger partial charge in [-0.25, -0.2) is 0 Å². The Labute approximate surface area is 180 Å². The van der Waals surface area contributed by atoms with E-state index in [1.54, 1.807) is 0 Å². The number of H-pyrrole nitrogens is 1. The van der Waals surface area contributed by atoms with Crippen molar-refractivity contribution in [3.05, 3.63) is 80.6 Å². The molecule has 5 rings (SSSR count). The molecule has 4 nitrogen and oxygen atoms in total. The van der Waals surface area contributed by atoms with Crippen LogP contribution in [0.4, 0.5) is 0 Å². The number of fused-ring (bicyclic) bond motifs is 4.